The van der Waals surface area contributed by atoms with Crippen molar-refractivity contribution in [3.05, 3.63) is 107 Å². The van der Waals surface area contributed by atoms with Gasteiger partial charge in [-0.25, -0.2) is 4.68 Å². The summed E-state index contributed by atoms with van der Waals surface area (Å²) in [6.45, 7) is 0.475. The Balaban J connectivity index is 1.48. The van der Waals surface area contributed by atoms with E-state index >= 15 is 0 Å². The van der Waals surface area contributed by atoms with E-state index in [1.165, 1.54) is 4.90 Å². The minimum absolute atomic E-state index is 0.0360. The highest BCUT2D eigenvalue weighted by molar-refractivity contribution is 8.26. The molecule has 9 heteroatoms. The van der Waals surface area contributed by atoms with Crippen LogP contribution in [0.3, 0.4) is 0 Å². The summed E-state index contributed by atoms with van der Waals surface area (Å²) in [6.07, 6.45) is 3.46. The second kappa shape index (κ2) is 11.5. The van der Waals surface area contributed by atoms with Crippen LogP contribution in [0.2, 0.25) is 0 Å². The number of carboxylic acid groups (broad SMARTS) is 1. The van der Waals surface area contributed by atoms with Crippen molar-refractivity contribution in [3.8, 4) is 22.7 Å². The fourth-order valence-electron chi connectivity index (χ4n) is 3.95. The molecule has 3 aromatic carbocycles. The summed E-state index contributed by atoms with van der Waals surface area (Å²) in [4.78, 5) is 25.8. The maximum Gasteiger partial charge on any atom is 0.305 e. The Labute approximate surface area is 229 Å². The molecule has 1 saturated heterocycles. The van der Waals surface area contributed by atoms with Crippen molar-refractivity contribution in [3.63, 3.8) is 0 Å². The van der Waals surface area contributed by atoms with Crippen LogP contribution in [0.4, 0.5) is 0 Å². The summed E-state index contributed by atoms with van der Waals surface area (Å²) in [7, 11) is 0. The quantitative estimate of drug-likeness (QED) is 0.212. The molecular weight excluding hydrogens is 518 g/mol. The van der Waals surface area contributed by atoms with Crippen molar-refractivity contribution in [1.29, 1.82) is 0 Å². The molecule has 1 amide bonds. The second-order valence-corrected chi connectivity index (χ2v) is 10.2. The number of thiocarbonyl (C=S) groups is 1. The number of benzene rings is 3. The van der Waals surface area contributed by atoms with E-state index in [0.29, 0.717) is 27.3 Å². The van der Waals surface area contributed by atoms with Crippen molar-refractivity contribution in [2.75, 3.05) is 6.54 Å². The highest BCUT2D eigenvalue weighted by Crippen LogP contribution is 2.35. The molecule has 0 unspecified atom stereocenters. The van der Waals surface area contributed by atoms with Crippen LogP contribution in [0, 0.1) is 0 Å². The fourth-order valence-corrected chi connectivity index (χ4v) is 5.25. The monoisotopic (exact) mass is 541 g/mol. The zero-order valence-corrected chi connectivity index (χ0v) is 21.8. The zero-order chi connectivity index (χ0) is 26.5. The summed E-state index contributed by atoms with van der Waals surface area (Å²) in [6, 6.07) is 27.3. The van der Waals surface area contributed by atoms with Gasteiger partial charge in [-0.1, -0.05) is 84.6 Å². The van der Waals surface area contributed by atoms with E-state index in [2.05, 4.69) is 0 Å². The minimum atomic E-state index is -0.983. The number of amides is 1. The van der Waals surface area contributed by atoms with Crippen LogP contribution in [-0.2, 0) is 16.2 Å². The SMILES string of the molecule is O=C(O)CCN1C(=O)/C(=C\c2cn(-c3ccccc3)nc2-c2cccc(OCc3ccccc3)c2)SC1=S. The van der Waals surface area contributed by atoms with Gasteiger partial charge in [0.25, 0.3) is 5.91 Å². The predicted octanol–water partition coefficient (Wildman–Crippen LogP) is 5.79. The molecule has 5 rings (SSSR count). The number of para-hydroxylation sites is 1. The molecule has 4 aromatic rings. The lowest BCUT2D eigenvalue weighted by molar-refractivity contribution is -0.137. The lowest BCUT2D eigenvalue weighted by atomic mass is 10.1. The average Bonchev–Trinajstić information content (AvgIpc) is 3.47. The second-order valence-electron chi connectivity index (χ2n) is 8.49. The van der Waals surface area contributed by atoms with Crippen molar-refractivity contribution >= 4 is 46.3 Å². The van der Waals surface area contributed by atoms with Crippen LogP contribution in [0.1, 0.15) is 17.5 Å². The van der Waals surface area contributed by atoms with Gasteiger partial charge in [0.2, 0.25) is 0 Å². The van der Waals surface area contributed by atoms with Crippen molar-refractivity contribution in [2.24, 2.45) is 0 Å². The lowest BCUT2D eigenvalue weighted by Crippen LogP contribution is -2.30. The van der Waals surface area contributed by atoms with Crippen LogP contribution in [0.25, 0.3) is 23.0 Å². The van der Waals surface area contributed by atoms with Crippen molar-refractivity contribution in [1.82, 2.24) is 14.7 Å². The molecule has 0 atom stereocenters. The van der Waals surface area contributed by atoms with E-state index in [-0.39, 0.29) is 18.9 Å². The molecule has 1 aliphatic rings. The number of aromatic nitrogens is 2. The standard InChI is InChI=1S/C29H23N3O4S2/c33-26(34)14-15-31-28(35)25(38-29(31)37)17-22-18-32(23-11-5-2-6-12-23)30-27(22)21-10-7-13-24(16-21)36-19-20-8-3-1-4-9-20/h1-13,16-18H,14-15,19H2,(H,33,34)/b25-17+. The summed E-state index contributed by atoms with van der Waals surface area (Å²) >= 11 is 6.51. The number of rotatable bonds is 9. The van der Waals surface area contributed by atoms with E-state index in [0.717, 1.165) is 34.1 Å². The zero-order valence-electron chi connectivity index (χ0n) is 20.2. The summed E-state index contributed by atoms with van der Waals surface area (Å²) in [5.74, 6) is -0.588. The molecule has 190 valence electrons. The molecule has 1 fully saturated rings. The van der Waals surface area contributed by atoms with Gasteiger partial charge in [0.1, 0.15) is 22.4 Å². The predicted molar refractivity (Wildman–Crippen MR) is 152 cm³/mol. The van der Waals surface area contributed by atoms with Gasteiger partial charge < -0.3 is 9.84 Å². The van der Waals surface area contributed by atoms with Gasteiger partial charge in [-0.2, -0.15) is 5.10 Å². The third kappa shape index (κ3) is 5.85. The molecule has 1 aromatic heterocycles. The molecular formula is C29H23N3O4S2. The van der Waals surface area contributed by atoms with Gasteiger partial charge in [0.05, 0.1) is 17.0 Å². The van der Waals surface area contributed by atoms with E-state index < -0.39 is 5.97 Å². The Morgan fingerprint density at radius 2 is 1.76 bits per heavy atom. The maximum absolute atomic E-state index is 13.0. The molecule has 0 aliphatic carbocycles. The topological polar surface area (TPSA) is 84.7 Å². The summed E-state index contributed by atoms with van der Waals surface area (Å²) < 4.78 is 8.14. The number of carbonyl (C=O) groups excluding carboxylic acids is 1. The third-order valence-corrected chi connectivity index (χ3v) is 7.21. The van der Waals surface area contributed by atoms with Gasteiger partial charge >= 0.3 is 5.97 Å². The molecule has 0 bridgehead atoms. The first-order valence-electron chi connectivity index (χ1n) is 11.9. The van der Waals surface area contributed by atoms with Gasteiger partial charge in [0.15, 0.2) is 0 Å². The molecule has 7 nitrogen and oxygen atoms in total. The minimum Gasteiger partial charge on any atom is -0.489 e. The van der Waals surface area contributed by atoms with E-state index in [1.807, 2.05) is 91.1 Å². The van der Waals surface area contributed by atoms with Crippen molar-refractivity contribution < 1.29 is 19.4 Å². The molecule has 2 heterocycles. The first kappa shape index (κ1) is 25.4. The molecule has 0 saturated carbocycles. The maximum atomic E-state index is 13.0. The van der Waals surface area contributed by atoms with Crippen LogP contribution >= 0.6 is 24.0 Å². The Morgan fingerprint density at radius 1 is 1.03 bits per heavy atom. The van der Waals surface area contributed by atoms with Gasteiger partial charge in [0, 0.05) is 23.9 Å². The van der Waals surface area contributed by atoms with Crippen LogP contribution < -0.4 is 4.74 Å². The average molecular weight is 542 g/mol. The van der Waals surface area contributed by atoms with Gasteiger partial charge in [-0.15, -0.1) is 0 Å². The lowest BCUT2D eigenvalue weighted by Gasteiger charge is -2.12. The molecule has 38 heavy (non-hydrogen) atoms. The van der Waals surface area contributed by atoms with E-state index in [9.17, 15) is 9.59 Å². The number of carbonyl (C=O) groups is 2. The summed E-state index contributed by atoms with van der Waals surface area (Å²) in [5.41, 5.74) is 4.18. The molecule has 0 spiro atoms. The Kier molecular flexibility index (Phi) is 7.67. The molecule has 1 N–H and O–H groups in total. The van der Waals surface area contributed by atoms with Crippen LogP contribution in [-0.4, -0.2) is 42.5 Å². The Bertz CT molecular complexity index is 1520. The van der Waals surface area contributed by atoms with Gasteiger partial charge in [-0.05, 0) is 35.9 Å². The Hall–Kier alpha value is -4.21. The summed E-state index contributed by atoms with van der Waals surface area (Å²) in [5, 5.41) is 13.9. The number of hydrogen-bond donors (Lipinski definition) is 1. The van der Waals surface area contributed by atoms with Crippen LogP contribution in [0.5, 0.6) is 5.75 Å². The number of carboxylic acids is 1. The normalized spacial score (nSPS) is 14.3. The Morgan fingerprint density at radius 3 is 2.50 bits per heavy atom. The third-order valence-electron chi connectivity index (χ3n) is 5.83. The number of nitrogens with zero attached hydrogens (tertiary/aromatic N) is 3. The number of aliphatic carboxylic acids is 1. The van der Waals surface area contributed by atoms with E-state index in [1.54, 1.807) is 10.8 Å². The highest BCUT2D eigenvalue weighted by Gasteiger charge is 2.32. The fraction of sp³-hybridized carbons (Fsp3) is 0.103. The smallest absolute Gasteiger partial charge is 0.305 e. The molecule has 1 aliphatic heterocycles. The van der Waals surface area contributed by atoms with Crippen LogP contribution in [0.15, 0.2) is 96.0 Å². The first-order valence-corrected chi connectivity index (χ1v) is 13.1. The van der Waals surface area contributed by atoms with E-state index in [4.69, 9.17) is 27.2 Å². The highest BCUT2D eigenvalue weighted by atomic mass is 32.2. The number of hydrogen-bond acceptors (Lipinski definition) is 6. The van der Waals surface area contributed by atoms with Gasteiger partial charge in [-0.3, -0.25) is 14.5 Å². The largest absolute Gasteiger partial charge is 0.489 e. The molecule has 0 radical (unpaired) electrons. The first-order chi connectivity index (χ1) is 18.5. The number of thioether (sulfide) groups is 1. The van der Waals surface area contributed by atoms with Crippen molar-refractivity contribution in [2.45, 2.75) is 13.0 Å². The number of ether oxygens (including phenoxy) is 1.